The zero-order chi connectivity index (χ0) is 25.6. The molecule has 1 aromatic heterocycles. The zero-order valence-corrected chi connectivity index (χ0v) is 20.9. The first-order valence-corrected chi connectivity index (χ1v) is 12.3. The van der Waals surface area contributed by atoms with Gasteiger partial charge in [0.15, 0.2) is 0 Å². The Morgan fingerprint density at radius 1 is 0.919 bits per heavy atom. The van der Waals surface area contributed by atoms with Crippen LogP contribution in [0.15, 0.2) is 83.5 Å². The average Bonchev–Trinajstić information content (AvgIpc) is 3.41. The van der Waals surface area contributed by atoms with Gasteiger partial charge < -0.3 is 23.8 Å². The first-order chi connectivity index (χ1) is 18.0. The van der Waals surface area contributed by atoms with Crippen molar-refractivity contribution in [1.29, 1.82) is 0 Å². The van der Waals surface area contributed by atoms with Crippen molar-refractivity contribution in [1.82, 2.24) is 9.47 Å². The molecule has 2 bridgehead atoms. The number of anilines is 1. The SMILES string of the molecule is CN1C(C(=O)OCc2ccccc2)=CC2=NCN3CC21Cc1c3cc(C(=O)OCc2ccccc2)n1C. The fraction of sp³-hybridized carbons (Fsp3) is 0.276. The fourth-order valence-electron chi connectivity index (χ4n) is 5.47. The predicted molar refractivity (Wildman–Crippen MR) is 139 cm³/mol. The van der Waals surface area contributed by atoms with Gasteiger partial charge in [-0.25, -0.2) is 9.59 Å². The van der Waals surface area contributed by atoms with Crippen molar-refractivity contribution in [3.05, 3.63) is 101 Å². The number of likely N-dealkylation sites (N-methyl/N-ethyl adjacent to an activating group) is 1. The van der Waals surface area contributed by atoms with E-state index in [1.165, 1.54) is 0 Å². The number of esters is 2. The van der Waals surface area contributed by atoms with Crippen molar-refractivity contribution in [2.24, 2.45) is 12.0 Å². The standard InChI is InChI=1S/C29H28N4O4/c1-31-23(27(34)36-16-20-9-5-3-6-10-20)13-22-25(31)15-29-18-33(22)19-30-26(29)14-24(32(29)2)28(35)37-17-21-11-7-4-8-12-21/h3-14H,15-19H2,1-2H3. The van der Waals surface area contributed by atoms with Gasteiger partial charge in [-0.3, -0.25) is 4.99 Å². The van der Waals surface area contributed by atoms with Gasteiger partial charge in [0.1, 0.15) is 36.8 Å². The summed E-state index contributed by atoms with van der Waals surface area (Å²) < 4.78 is 13.2. The molecule has 188 valence electrons. The summed E-state index contributed by atoms with van der Waals surface area (Å²) in [5.74, 6) is -0.731. The number of aliphatic imine (C=N–C) groups is 1. The molecule has 3 aromatic rings. The number of rotatable bonds is 6. The number of hydrogen-bond donors (Lipinski definition) is 0. The van der Waals surface area contributed by atoms with Gasteiger partial charge in [-0.1, -0.05) is 60.7 Å². The van der Waals surface area contributed by atoms with Crippen LogP contribution in [0.1, 0.15) is 27.3 Å². The van der Waals surface area contributed by atoms with Crippen LogP contribution >= 0.6 is 0 Å². The molecule has 1 unspecified atom stereocenters. The molecule has 37 heavy (non-hydrogen) atoms. The van der Waals surface area contributed by atoms with Crippen molar-refractivity contribution in [2.75, 3.05) is 25.2 Å². The number of carbonyl (C=O) groups is 2. The first kappa shape index (κ1) is 23.1. The fourth-order valence-corrected chi connectivity index (χ4v) is 5.47. The summed E-state index contributed by atoms with van der Waals surface area (Å²) in [6.45, 7) is 1.57. The number of benzene rings is 2. The third kappa shape index (κ3) is 3.89. The van der Waals surface area contributed by atoms with Gasteiger partial charge in [0.05, 0.1) is 11.4 Å². The highest BCUT2D eigenvalue weighted by molar-refractivity contribution is 6.12. The van der Waals surface area contributed by atoms with Crippen LogP contribution in [-0.4, -0.2) is 52.9 Å². The van der Waals surface area contributed by atoms with E-state index in [2.05, 4.69) is 4.90 Å². The van der Waals surface area contributed by atoms with Crippen LogP contribution < -0.4 is 4.90 Å². The molecule has 0 saturated carbocycles. The quantitative estimate of drug-likeness (QED) is 0.487. The molecular weight excluding hydrogens is 468 g/mol. The van der Waals surface area contributed by atoms with E-state index in [4.69, 9.17) is 14.5 Å². The van der Waals surface area contributed by atoms with E-state index in [9.17, 15) is 9.59 Å². The van der Waals surface area contributed by atoms with Crippen molar-refractivity contribution in [3.8, 4) is 0 Å². The highest BCUT2D eigenvalue weighted by Gasteiger charge is 2.53. The molecule has 4 heterocycles. The minimum atomic E-state index is -0.496. The molecule has 0 fully saturated rings. The molecule has 8 heteroatoms. The number of aromatic nitrogens is 1. The lowest BCUT2D eigenvalue weighted by molar-refractivity contribution is -0.142. The topological polar surface area (TPSA) is 76.4 Å². The van der Waals surface area contributed by atoms with Crippen molar-refractivity contribution in [3.63, 3.8) is 0 Å². The number of nitrogens with zero attached hydrogens (tertiary/aromatic N) is 4. The Hall–Kier alpha value is -4.33. The Morgan fingerprint density at radius 2 is 1.54 bits per heavy atom. The first-order valence-electron chi connectivity index (χ1n) is 12.3. The molecule has 0 aliphatic carbocycles. The lowest BCUT2D eigenvalue weighted by atomic mass is 9.83. The van der Waals surface area contributed by atoms with Crippen LogP contribution in [0.5, 0.6) is 0 Å². The summed E-state index contributed by atoms with van der Waals surface area (Å²) in [7, 11) is 3.82. The van der Waals surface area contributed by atoms with Crippen molar-refractivity contribution < 1.29 is 19.1 Å². The average molecular weight is 497 g/mol. The summed E-state index contributed by atoms with van der Waals surface area (Å²) in [5.41, 5.74) is 5.26. The summed E-state index contributed by atoms with van der Waals surface area (Å²) in [6, 6.07) is 21.2. The minimum absolute atomic E-state index is 0.215. The molecular formula is C29H28N4O4. The summed E-state index contributed by atoms with van der Waals surface area (Å²) >= 11 is 0. The molecule has 0 radical (unpaired) electrons. The third-order valence-electron chi connectivity index (χ3n) is 7.60. The van der Waals surface area contributed by atoms with Gasteiger partial charge in [-0.05, 0) is 23.3 Å². The van der Waals surface area contributed by atoms with Crippen molar-refractivity contribution >= 4 is 23.3 Å². The van der Waals surface area contributed by atoms with Gasteiger partial charge in [-0.15, -0.1) is 0 Å². The molecule has 0 saturated heterocycles. The summed E-state index contributed by atoms with van der Waals surface area (Å²) in [5, 5.41) is 0. The van der Waals surface area contributed by atoms with Crippen LogP contribution in [-0.2, 0) is 41.0 Å². The number of hydrogen-bond acceptors (Lipinski definition) is 7. The van der Waals surface area contributed by atoms with Gasteiger partial charge in [0, 0.05) is 32.8 Å². The van der Waals surface area contributed by atoms with Gasteiger partial charge >= 0.3 is 11.9 Å². The number of carbonyl (C=O) groups excluding carboxylic acids is 2. The van der Waals surface area contributed by atoms with E-state index in [1.807, 2.05) is 96.4 Å². The second-order valence-electron chi connectivity index (χ2n) is 9.72. The van der Waals surface area contributed by atoms with Crippen LogP contribution in [0.4, 0.5) is 5.69 Å². The Labute approximate surface area is 215 Å². The maximum atomic E-state index is 13.1. The van der Waals surface area contributed by atoms with E-state index in [0.717, 1.165) is 28.2 Å². The summed E-state index contributed by atoms with van der Waals surface area (Å²) in [6.07, 6.45) is 2.47. The minimum Gasteiger partial charge on any atom is -0.456 e. The maximum absolute atomic E-state index is 13.1. The molecule has 1 atom stereocenters. The van der Waals surface area contributed by atoms with Gasteiger partial charge in [0.2, 0.25) is 0 Å². The molecule has 0 amide bonds. The van der Waals surface area contributed by atoms with E-state index >= 15 is 0 Å². The van der Waals surface area contributed by atoms with E-state index in [-0.39, 0.29) is 25.2 Å². The van der Waals surface area contributed by atoms with Crippen molar-refractivity contribution in [2.45, 2.75) is 25.2 Å². The van der Waals surface area contributed by atoms with E-state index < -0.39 is 5.54 Å². The van der Waals surface area contributed by atoms with Crippen LogP contribution in [0.3, 0.4) is 0 Å². The molecule has 2 aromatic carbocycles. The lowest BCUT2D eigenvalue weighted by Crippen LogP contribution is -2.62. The Kier molecular flexibility index (Phi) is 5.59. The van der Waals surface area contributed by atoms with E-state index in [0.29, 0.717) is 31.0 Å². The Balaban J connectivity index is 1.21. The maximum Gasteiger partial charge on any atom is 0.355 e. The van der Waals surface area contributed by atoms with Gasteiger partial charge in [-0.2, -0.15) is 0 Å². The van der Waals surface area contributed by atoms with E-state index in [1.54, 1.807) is 0 Å². The Morgan fingerprint density at radius 3 is 2.19 bits per heavy atom. The lowest BCUT2D eigenvalue weighted by Gasteiger charge is -2.48. The largest absolute Gasteiger partial charge is 0.456 e. The van der Waals surface area contributed by atoms with Crippen LogP contribution in [0, 0.1) is 0 Å². The second-order valence-corrected chi connectivity index (χ2v) is 9.72. The van der Waals surface area contributed by atoms with Crippen LogP contribution in [0.2, 0.25) is 0 Å². The molecule has 0 N–H and O–H groups in total. The summed E-state index contributed by atoms with van der Waals surface area (Å²) in [4.78, 5) is 35.0. The molecule has 3 aliphatic rings. The third-order valence-corrected chi connectivity index (χ3v) is 7.60. The highest BCUT2D eigenvalue weighted by Crippen LogP contribution is 2.43. The smallest absolute Gasteiger partial charge is 0.355 e. The zero-order valence-electron chi connectivity index (χ0n) is 20.9. The normalized spacial score (nSPS) is 19.5. The second kappa shape index (κ2) is 8.96. The number of ether oxygens (including phenoxy) is 2. The highest BCUT2D eigenvalue weighted by atomic mass is 16.5. The predicted octanol–water partition coefficient (Wildman–Crippen LogP) is 3.47. The molecule has 6 rings (SSSR count). The molecule has 8 nitrogen and oxygen atoms in total. The molecule has 1 spiro atoms. The Bertz CT molecular complexity index is 1430. The number of fused-ring (bicyclic) bond motifs is 3. The monoisotopic (exact) mass is 496 g/mol. The van der Waals surface area contributed by atoms with Gasteiger partial charge in [0.25, 0.3) is 0 Å². The molecule has 3 aliphatic heterocycles. The van der Waals surface area contributed by atoms with Crippen LogP contribution in [0.25, 0.3) is 0 Å².